The zero-order valence-corrected chi connectivity index (χ0v) is 27.3. The van der Waals surface area contributed by atoms with Crippen LogP contribution in [0.5, 0.6) is 0 Å². The average Bonchev–Trinajstić information content (AvgIpc) is 2.96. The van der Waals surface area contributed by atoms with E-state index in [-0.39, 0.29) is 19.8 Å². The van der Waals surface area contributed by atoms with Gasteiger partial charge in [-0.1, -0.05) is 162 Å². The third-order valence-electron chi connectivity index (χ3n) is 8.65. The zero-order valence-electron chi connectivity index (χ0n) is 27.3. The van der Waals surface area contributed by atoms with Gasteiger partial charge >= 0.3 is 5.97 Å². The molecular formula is C35H72O5. The zero-order chi connectivity index (χ0) is 30.2. The predicted molar refractivity (Wildman–Crippen MR) is 172 cm³/mol. The van der Waals surface area contributed by atoms with E-state index >= 15 is 0 Å². The molecule has 0 fully saturated rings. The summed E-state index contributed by atoms with van der Waals surface area (Å²) in [4.78, 5) is 11.2. The Morgan fingerprint density at radius 2 is 0.775 bits per heavy atom. The quantitative estimate of drug-likeness (QED) is 0.0642. The van der Waals surface area contributed by atoms with Gasteiger partial charge < -0.3 is 20.4 Å². The van der Waals surface area contributed by atoms with E-state index in [9.17, 15) is 9.90 Å². The second kappa shape index (κ2) is 32.9. The Morgan fingerprint density at radius 3 is 0.975 bits per heavy atom. The molecule has 5 heteroatoms. The smallest absolute Gasteiger partial charge is 0.303 e. The normalized spacial score (nSPS) is 12.2. The van der Waals surface area contributed by atoms with Crippen molar-refractivity contribution in [2.45, 2.75) is 188 Å². The molecule has 0 bridgehead atoms. The van der Waals surface area contributed by atoms with Gasteiger partial charge in [-0.25, -0.2) is 0 Å². The molecule has 0 aliphatic heterocycles. The lowest BCUT2D eigenvalue weighted by Gasteiger charge is -2.24. The molecule has 0 saturated carbocycles. The molecule has 0 spiro atoms. The van der Waals surface area contributed by atoms with Crippen molar-refractivity contribution in [3.05, 3.63) is 0 Å². The van der Waals surface area contributed by atoms with Crippen LogP contribution in [-0.2, 0) is 4.79 Å². The fourth-order valence-corrected chi connectivity index (χ4v) is 5.28. The predicted octanol–water partition coefficient (Wildman–Crippen LogP) is 9.84. The molecule has 0 aromatic rings. The number of aliphatic hydroxyl groups is 3. The van der Waals surface area contributed by atoms with Crippen LogP contribution in [0.3, 0.4) is 0 Å². The molecular weight excluding hydrogens is 500 g/mol. The Balaban J connectivity index is 0. The van der Waals surface area contributed by atoms with Gasteiger partial charge in [-0.15, -0.1) is 0 Å². The van der Waals surface area contributed by atoms with Crippen molar-refractivity contribution in [2.75, 3.05) is 19.8 Å². The van der Waals surface area contributed by atoms with Gasteiger partial charge in [-0.3, -0.25) is 4.79 Å². The van der Waals surface area contributed by atoms with Crippen LogP contribution in [-0.4, -0.2) is 46.2 Å². The van der Waals surface area contributed by atoms with E-state index in [4.69, 9.17) is 15.3 Å². The van der Waals surface area contributed by atoms with E-state index in [1.165, 1.54) is 141 Å². The third-order valence-corrected chi connectivity index (χ3v) is 8.65. The molecule has 0 radical (unpaired) electrons. The van der Waals surface area contributed by atoms with Crippen LogP contribution in [0.1, 0.15) is 188 Å². The van der Waals surface area contributed by atoms with Gasteiger partial charge in [-0.2, -0.15) is 0 Å². The summed E-state index contributed by atoms with van der Waals surface area (Å²) in [6.45, 7) is 5.91. The number of carboxylic acid groups (broad SMARTS) is 1. The lowest BCUT2D eigenvalue weighted by Crippen LogP contribution is -2.32. The number of carbonyl (C=O) groups is 1. The van der Waals surface area contributed by atoms with E-state index in [0.29, 0.717) is 18.8 Å². The molecule has 40 heavy (non-hydrogen) atoms. The molecule has 0 aromatic heterocycles. The van der Waals surface area contributed by atoms with Crippen LogP contribution in [0.2, 0.25) is 0 Å². The van der Waals surface area contributed by atoms with E-state index in [1.807, 2.05) is 6.92 Å². The van der Waals surface area contributed by atoms with Crippen LogP contribution in [0.15, 0.2) is 0 Å². The Bertz CT molecular complexity index is 475. The Kier molecular flexibility index (Phi) is 34.1. The number of hydrogen-bond donors (Lipinski definition) is 4. The van der Waals surface area contributed by atoms with Gasteiger partial charge in [-0.05, 0) is 25.2 Å². The third kappa shape index (κ3) is 28.9. The first kappa shape index (κ1) is 41.5. The first-order valence-electron chi connectivity index (χ1n) is 17.5. The van der Waals surface area contributed by atoms with Crippen molar-refractivity contribution in [3.63, 3.8) is 0 Å². The highest BCUT2D eigenvalue weighted by Crippen LogP contribution is 2.23. The maximum atomic E-state index is 11.2. The van der Waals surface area contributed by atoms with E-state index in [1.54, 1.807) is 0 Å². The summed E-state index contributed by atoms with van der Waals surface area (Å²) in [5, 5.41) is 35.2. The van der Waals surface area contributed by atoms with Crippen LogP contribution in [0.4, 0.5) is 0 Å². The molecule has 0 saturated heterocycles. The minimum Gasteiger partial charge on any atom is -0.481 e. The topological polar surface area (TPSA) is 98.0 Å². The number of hydrogen-bond acceptors (Lipinski definition) is 4. The summed E-state index contributed by atoms with van der Waals surface area (Å²) in [5.41, 5.74) is -0.667. The van der Waals surface area contributed by atoms with Crippen molar-refractivity contribution in [1.29, 1.82) is 0 Å². The lowest BCUT2D eigenvalue weighted by molar-refractivity contribution is -0.138. The highest BCUT2D eigenvalue weighted by molar-refractivity contribution is 5.66. The second-order valence-electron chi connectivity index (χ2n) is 12.4. The summed E-state index contributed by atoms with van der Waals surface area (Å²) in [7, 11) is 0. The van der Waals surface area contributed by atoms with Crippen LogP contribution >= 0.6 is 0 Å². The van der Waals surface area contributed by atoms with Crippen molar-refractivity contribution in [3.8, 4) is 0 Å². The maximum Gasteiger partial charge on any atom is 0.303 e. The largest absolute Gasteiger partial charge is 0.481 e. The highest BCUT2D eigenvalue weighted by atomic mass is 16.4. The minimum absolute atomic E-state index is 0.156. The first-order chi connectivity index (χ1) is 19.4. The Morgan fingerprint density at radius 1 is 0.500 bits per heavy atom. The van der Waals surface area contributed by atoms with Gasteiger partial charge in [0, 0.05) is 11.8 Å². The van der Waals surface area contributed by atoms with E-state index in [2.05, 4.69) is 13.8 Å². The fraction of sp³-hybridized carbons (Fsp3) is 0.971. The molecule has 0 aliphatic carbocycles. The highest BCUT2D eigenvalue weighted by Gasteiger charge is 2.24. The molecule has 1 unspecified atom stereocenters. The maximum absolute atomic E-state index is 11.2. The van der Waals surface area contributed by atoms with E-state index in [0.717, 1.165) is 12.8 Å². The molecule has 5 nitrogen and oxygen atoms in total. The molecule has 4 N–H and O–H groups in total. The number of rotatable bonds is 30. The van der Waals surface area contributed by atoms with Crippen molar-refractivity contribution < 1.29 is 25.2 Å². The first-order valence-corrected chi connectivity index (χ1v) is 17.5. The van der Waals surface area contributed by atoms with Crippen LogP contribution in [0, 0.1) is 11.3 Å². The molecule has 1 atom stereocenters. The molecule has 242 valence electrons. The molecule has 0 rings (SSSR count). The Labute approximate surface area is 249 Å². The van der Waals surface area contributed by atoms with Gasteiger partial charge in [0.2, 0.25) is 0 Å². The summed E-state index contributed by atoms with van der Waals surface area (Å²) in [5.74, 6) is -0.189. The molecule has 0 aliphatic rings. The van der Waals surface area contributed by atoms with Gasteiger partial charge in [0.15, 0.2) is 0 Å². The van der Waals surface area contributed by atoms with Crippen molar-refractivity contribution in [1.82, 2.24) is 0 Å². The van der Waals surface area contributed by atoms with Crippen molar-refractivity contribution >= 4 is 5.97 Å². The molecule has 0 aromatic carbocycles. The Hall–Kier alpha value is -0.650. The van der Waals surface area contributed by atoms with E-state index < -0.39 is 11.4 Å². The van der Waals surface area contributed by atoms with Crippen molar-refractivity contribution in [2.24, 2.45) is 11.3 Å². The summed E-state index contributed by atoms with van der Waals surface area (Å²) in [6, 6.07) is 0. The number of aliphatic carboxylic acids is 1. The lowest BCUT2D eigenvalue weighted by atomic mass is 9.88. The van der Waals surface area contributed by atoms with Crippen LogP contribution < -0.4 is 0 Å². The summed E-state index contributed by atoms with van der Waals surface area (Å²) in [6.07, 6.45) is 33.3. The average molecular weight is 573 g/mol. The monoisotopic (exact) mass is 573 g/mol. The van der Waals surface area contributed by atoms with Crippen LogP contribution in [0.25, 0.3) is 0 Å². The fourth-order valence-electron chi connectivity index (χ4n) is 5.28. The summed E-state index contributed by atoms with van der Waals surface area (Å²) >= 11 is 0. The minimum atomic E-state index is -0.667. The molecule has 0 heterocycles. The number of carboxylic acids is 1. The van der Waals surface area contributed by atoms with Gasteiger partial charge in [0.25, 0.3) is 0 Å². The standard InChI is InChI=1S/C29H58O2.C6H14O3/c1-3-5-7-9-11-13-15-16-18-20-22-24-26-28(27-29(30)31)25-23-21-19-17-14-12-10-8-6-4-2;1-2-6(3-7,4-8)5-9/h28H,3-27H2,1-2H3,(H,30,31);7-9H,2-5H2,1H3. The number of unbranched alkanes of at least 4 members (excludes halogenated alkanes) is 20. The SMILES string of the molecule is CCC(CO)(CO)CO.CCCCCCCCCCCCCCC(CCCCCCCCCCCC)CC(=O)O. The summed E-state index contributed by atoms with van der Waals surface area (Å²) < 4.78 is 0. The second-order valence-corrected chi connectivity index (χ2v) is 12.4. The van der Waals surface area contributed by atoms with Gasteiger partial charge in [0.1, 0.15) is 0 Å². The van der Waals surface area contributed by atoms with Gasteiger partial charge in [0.05, 0.1) is 19.8 Å². The molecule has 0 amide bonds. The number of aliphatic hydroxyl groups excluding tert-OH is 3.